The van der Waals surface area contributed by atoms with Crippen LogP contribution < -0.4 is 0 Å². The molecule has 1 N–H and O–H groups in total. The van der Waals surface area contributed by atoms with E-state index in [2.05, 4.69) is 18.9 Å². The number of fused-ring (bicyclic) bond motifs is 1. The average Bonchev–Trinajstić information content (AvgIpc) is 3.47. The lowest BCUT2D eigenvalue weighted by molar-refractivity contribution is 0.0688. The fraction of sp³-hybridized carbons (Fsp3) is 0.160. The smallest absolute Gasteiger partial charge is 0.355 e. The molecule has 0 saturated heterocycles. The number of benzene rings is 2. The Balaban J connectivity index is 1.70. The summed E-state index contributed by atoms with van der Waals surface area (Å²) >= 11 is 2.98. The number of carbonyl (C=O) groups is 1. The largest absolute Gasteiger partial charge is 0.476 e. The zero-order valence-electron chi connectivity index (χ0n) is 18.6. The third-order valence-electron chi connectivity index (χ3n) is 5.14. The molecule has 0 unspecified atom stereocenters. The highest BCUT2D eigenvalue weighted by Gasteiger charge is 2.27. The molecule has 172 valence electrons. The number of hydrogen-bond acceptors (Lipinski definition) is 6. The van der Waals surface area contributed by atoms with Gasteiger partial charge in [-0.1, -0.05) is 55.5 Å². The quantitative estimate of drug-likeness (QED) is 0.255. The summed E-state index contributed by atoms with van der Waals surface area (Å²) in [6.45, 7) is 5.87. The predicted octanol–water partition coefficient (Wildman–Crippen LogP) is 7.06. The molecule has 0 aliphatic heterocycles. The van der Waals surface area contributed by atoms with Crippen LogP contribution in [0.25, 0.3) is 38.7 Å². The molecule has 6 nitrogen and oxygen atoms in total. The van der Waals surface area contributed by atoms with Gasteiger partial charge >= 0.3 is 5.97 Å². The molecule has 0 atom stereocenters. The number of thioether (sulfide) groups is 1. The van der Waals surface area contributed by atoms with Crippen molar-refractivity contribution in [2.75, 3.05) is 0 Å². The van der Waals surface area contributed by atoms with E-state index in [9.17, 15) is 14.3 Å². The summed E-state index contributed by atoms with van der Waals surface area (Å²) < 4.78 is 22.2. The van der Waals surface area contributed by atoms with Gasteiger partial charge in [-0.2, -0.15) is 9.78 Å². The van der Waals surface area contributed by atoms with Crippen molar-refractivity contribution >= 4 is 40.0 Å². The predicted molar refractivity (Wildman–Crippen MR) is 133 cm³/mol. The molecule has 0 aliphatic carbocycles. The van der Waals surface area contributed by atoms with Gasteiger partial charge < -0.3 is 9.52 Å². The number of hydrogen-bond donors (Lipinski definition) is 1. The number of furan rings is 1. The summed E-state index contributed by atoms with van der Waals surface area (Å²) in [6.07, 6.45) is 0. The minimum atomic E-state index is -1.17. The van der Waals surface area contributed by atoms with Gasteiger partial charge in [0.05, 0.1) is 9.90 Å². The lowest BCUT2D eigenvalue weighted by Crippen LogP contribution is -2.09. The third kappa shape index (κ3) is 4.01. The second-order valence-corrected chi connectivity index (χ2v) is 10.8. The molecule has 0 aliphatic rings. The molecule has 0 spiro atoms. The molecular weight excluding hydrogens is 473 g/mol. The minimum absolute atomic E-state index is 0.0610. The monoisotopic (exact) mass is 493 g/mol. The number of thiazole rings is 1. The van der Waals surface area contributed by atoms with Gasteiger partial charge in [0, 0.05) is 16.2 Å². The van der Waals surface area contributed by atoms with Crippen LogP contribution in [0.2, 0.25) is 0 Å². The molecule has 5 aromatic rings. The summed E-state index contributed by atoms with van der Waals surface area (Å²) in [6, 6.07) is 15.5. The second-order valence-electron chi connectivity index (χ2n) is 7.98. The first kappa shape index (κ1) is 22.4. The number of halogens is 1. The molecule has 0 radical (unpaired) electrons. The van der Waals surface area contributed by atoms with Gasteiger partial charge in [-0.25, -0.2) is 14.2 Å². The molecule has 0 fully saturated rings. The first-order valence-electron chi connectivity index (χ1n) is 10.6. The van der Waals surface area contributed by atoms with Crippen LogP contribution in [0.4, 0.5) is 4.39 Å². The van der Waals surface area contributed by atoms with Crippen molar-refractivity contribution in [1.29, 1.82) is 0 Å². The third-order valence-corrected chi connectivity index (χ3v) is 7.39. The average molecular weight is 494 g/mol. The Morgan fingerprint density at radius 1 is 1.18 bits per heavy atom. The van der Waals surface area contributed by atoms with E-state index >= 15 is 0 Å². The maximum atomic E-state index is 13.9. The topological polar surface area (TPSA) is 81.2 Å². The SMILES string of the molecule is Cc1nn(-c2nc(-c3cc4ccccc4o3)c(SC(C)C)s2)c(C(=O)O)c1-c1cccc(F)c1. The van der Waals surface area contributed by atoms with Crippen LogP contribution in [0.3, 0.4) is 0 Å². The lowest BCUT2D eigenvalue weighted by Gasteiger charge is -2.04. The summed E-state index contributed by atoms with van der Waals surface area (Å²) in [5, 5.41) is 16.2. The summed E-state index contributed by atoms with van der Waals surface area (Å²) in [5.41, 5.74) is 2.63. The van der Waals surface area contributed by atoms with Gasteiger partial charge in [0.2, 0.25) is 5.13 Å². The van der Waals surface area contributed by atoms with E-state index in [4.69, 9.17) is 9.40 Å². The zero-order chi connectivity index (χ0) is 24.0. The van der Waals surface area contributed by atoms with Crippen molar-refractivity contribution < 1.29 is 18.7 Å². The van der Waals surface area contributed by atoms with Gasteiger partial charge in [-0.15, -0.1) is 11.8 Å². The van der Waals surface area contributed by atoms with E-state index in [0.717, 1.165) is 15.2 Å². The van der Waals surface area contributed by atoms with Crippen molar-refractivity contribution in [1.82, 2.24) is 14.8 Å². The van der Waals surface area contributed by atoms with Crippen LogP contribution >= 0.6 is 23.1 Å². The summed E-state index contributed by atoms with van der Waals surface area (Å²) in [7, 11) is 0. The van der Waals surface area contributed by atoms with Crippen molar-refractivity contribution in [3.05, 3.63) is 71.8 Å². The van der Waals surface area contributed by atoms with Crippen molar-refractivity contribution in [3.63, 3.8) is 0 Å². The van der Waals surface area contributed by atoms with Gasteiger partial charge in [0.15, 0.2) is 11.5 Å². The summed E-state index contributed by atoms with van der Waals surface area (Å²) in [5.74, 6) is -1.01. The molecule has 0 saturated carbocycles. The lowest BCUT2D eigenvalue weighted by atomic mass is 10.0. The fourth-order valence-electron chi connectivity index (χ4n) is 3.79. The van der Waals surface area contributed by atoms with Gasteiger partial charge in [-0.3, -0.25) is 0 Å². The van der Waals surface area contributed by atoms with Crippen molar-refractivity contribution in [2.24, 2.45) is 0 Å². The maximum Gasteiger partial charge on any atom is 0.355 e. The van der Waals surface area contributed by atoms with E-state index < -0.39 is 11.8 Å². The highest BCUT2D eigenvalue weighted by atomic mass is 32.2. The Hall–Kier alpha value is -3.43. The Labute approximate surface area is 203 Å². The molecule has 5 rings (SSSR count). The number of para-hydroxylation sites is 1. The molecule has 2 aromatic carbocycles. The molecule has 9 heteroatoms. The highest BCUT2D eigenvalue weighted by Crippen LogP contribution is 2.42. The van der Waals surface area contributed by atoms with Crippen molar-refractivity contribution in [2.45, 2.75) is 30.2 Å². The van der Waals surface area contributed by atoms with E-state index in [0.29, 0.717) is 33.4 Å². The van der Waals surface area contributed by atoms with Gasteiger partial charge in [0.25, 0.3) is 0 Å². The molecule has 34 heavy (non-hydrogen) atoms. The van der Waals surface area contributed by atoms with Gasteiger partial charge in [0.1, 0.15) is 17.1 Å². The summed E-state index contributed by atoms with van der Waals surface area (Å²) in [4.78, 5) is 17.1. The molecular formula is C25H20FN3O3S2. The molecule has 3 aromatic heterocycles. The number of carboxylic acid groups (broad SMARTS) is 1. The standard InChI is InChI=1S/C25H20FN3O3S2/c1-13(2)33-24-21(19-12-15-7-4-5-10-18(15)32-19)27-25(34-24)29-22(23(30)31)20(14(3)28-29)16-8-6-9-17(26)11-16/h4-13H,1-3H3,(H,30,31). The van der Waals surface area contributed by atoms with Crippen LogP contribution in [0.5, 0.6) is 0 Å². The first-order chi connectivity index (χ1) is 16.3. The minimum Gasteiger partial charge on any atom is -0.476 e. The second kappa shape index (κ2) is 8.73. The van der Waals surface area contributed by atoms with Gasteiger partial charge in [-0.05, 0) is 36.8 Å². The van der Waals surface area contributed by atoms with Crippen LogP contribution in [0, 0.1) is 12.7 Å². The number of rotatable bonds is 6. The number of aromatic nitrogens is 3. The molecule has 3 heterocycles. The number of carboxylic acids is 1. The van der Waals surface area contributed by atoms with Crippen LogP contribution in [-0.4, -0.2) is 31.1 Å². The van der Waals surface area contributed by atoms with E-state index in [-0.39, 0.29) is 10.9 Å². The van der Waals surface area contributed by atoms with Crippen LogP contribution in [0.15, 0.2) is 63.2 Å². The molecule has 0 amide bonds. The maximum absolute atomic E-state index is 13.9. The zero-order valence-corrected chi connectivity index (χ0v) is 20.2. The Bertz CT molecular complexity index is 1500. The van der Waals surface area contributed by atoms with Crippen LogP contribution in [-0.2, 0) is 0 Å². The molecule has 0 bridgehead atoms. The van der Waals surface area contributed by atoms with Crippen LogP contribution in [0.1, 0.15) is 30.0 Å². The number of nitrogens with zero attached hydrogens (tertiary/aromatic N) is 3. The number of aryl methyl sites for hydroxylation is 1. The Morgan fingerprint density at radius 3 is 2.68 bits per heavy atom. The Morgan fingerprint density at radius 2 is 1.97 bits per heavy atom. The number of aromatic carboxylic acids is 1. The first-order valence-corrected chi connectivity index (χ1v) is 12.3. The highest BCUT2D eigenvalue weighted by molar-refractivity contribution is 8.01. The van der Waals surface area contributed by atoms with E-state index in [1.165, 1.54) is 28.2 Å². The fourth-order valence-corrected chi connectivity index (χ4v) is 6.23. The Kier molecular flexibility index (Phi) is 5.75. The van der Waals surface area contributed by atoms with E-state index in [1.807, 2.05) is 30.3 Å². The van der Waals surface area contributed by atoms with E-state index in [1.54, 1.807) is 30.8 Å². The van der Waals surface area contributed by atoms with Crippen molar-refractivity contribution in [3.8, 4) is 27.7 Å². The normalized spacial score (nSPS) is 11.6.